The summed E-state index contributed by atoms with van der Waals surface area (Å²) in [5.74, 6) is 0.310. The van der Waals surface area contributed by atoms with Gasteiger partial charge in [-0.3, -0.25) is 0 Å². The molecule has 4 heteroatoms. The number of halogens is 2. The topological polar surface area (TPSA) is 32.3 Å². The van der Waals surface area contributed by atoms with Gasteiger partial charge in [-0.2, -0.15) is 0 Å². The van der Waals surface area contributed by atoms with E-state index in [9.17, 15) is 5.11 Å². The lowest BCUT2D eigenvalue weighted by atomic mass is 10.1. The molecule has 2 rings (SSSR count). The normalized spacial score (nSPS) is 12.2. The van der Waals surface area contributed by atoms with E-state index in [4.69, 9.17) is 11.6 Å². The summed E-state index contributed by atoms with van der Waals surface area (Å²) >= 11 is 9.43. The summed E-state index contributed by atoms with van der Waals surface area (Å²) in [6.45, 7) is 2.15. The lowest BCUT2D eigenvalue weighted by Crippen LogP contribution is -2.16. The van der Waals surface area contributed by atoms with Crippen LogP contribution in [0.25, 0.3) is 0 Å². The van der Waals surface area contributed by atoms with Crippen molar-refractivity contribution in [3.63, 3.8) is 0 Å². The molecule has 0 heterocycles. The van der Waals surface area contributed by atoms with E-state index in [0.29, 0.717) is 11.8 Å². The number of rotatable bonds is 5. The highest BCUT2D eigenvalue weighted by molar-refractivity contribution is 9.10. The lowest BCUT2D eigenvalue weighted by molar-refractivity contribution is 0.475. The molecule has 2 aromatic carbocycles. The van der Waals surface area contributed by atoms with E-state index in [1.54, 1.807) is 12.1 Å². The number of phenols is 1. The number of hydrogen-bond acceptors (Lipinski definition) is 2. The van der Waals surface area contributed by atoms with Crippen LogP contribution >= 0.6 is 27.5 Å². The number of aryl methyl sites for hydroxylation is 1. The summed E-state index contributed by atoms with van der Waals surface area (Å²) in [6, 6.07) is 13.5. The molecule has 20 heavy (non-hydrogen) atoms. The molecule has 2 aromatic rings. The molecule has 0 fully saturated rings. The van der Waals surface area contributed by atoms with E-state index in [2.05, 4.69) is 28.2 Å². The summed E-state index contributed by atoms with van der Waals surface area (Å²) in [6.07, 6.45) is 1.99. The molecule has 1 unspecified atom stereocenters. The van der Waals surface area contributed by atoms with Crippen LogP contribution in [0.5, 0.6) is 5.75 Å². The molecule has 2 N–H and O–H groups in total. The quantitative estimate of drug-likeness (QED) is 0.769. The van der Waals surface area contributed by atoms with E-state index in [1.807, 2.05) is 30.3 Å². The van der Waals surface area contributed by atoms with Crippen molar-refractivity contribution >= 4 is 33.2 Å². The molecule has 0 aliphatic heterocycles. The Kier molecular flexibility index (Phi) is 5.32. The van der Waals surface area contributed by atoms with Gasteiger partial charge in [-0.25, -0.2) is 0 Å². The molecule has 0 aliphatic rings. The monoisotopic (exact) mass is 353 g/mol. The molecule has 106 valence electrons. The highest BCUT2D eigenvalue weighted by Crippen LogP contribution is 2.26. The third-order valence-electron chi connectivity index (χ3n) is 3.14. The Morgan fingerprint density at radius 2 is 1.90 bits per heavy atom. The van der Waals surface area contributed by atoms with Crippen LogP contribution in [0.15, 0.2) is 46.9 Å². The van der Waals surface area contributed by atoms with Crippen molar-refractivity contribution < 1.29 is 5.11 Å². The fourth-order valence-electron chi connectivity index (χ4n) is 1.99. The molecule has 0 aliphatic carbocycles. The number of benzene rings is 2. The van der Waals surface area contributed by atoms with Gasteiger partial charge < -0.3 is 10.4 Å². The number of nitrogens with one attached hydrogen (secondary N) is 1. The maximum absolute atomic E-state index is 9.25. The Bertz CT molecular complexity index is 571. The van der Waals surface area contributed by atoms with Crippen molar-refractivity contribution in [3.8, 4) is 5.75 Å². The van der Waals surface area contributed by atoms with Crippen LogP contribution in [-0.4, -0.2) is 11.1 Å². The van der Waals surface area contributed by atoms with Gasteiger partial charge in [0.15, 0.2) is 0 Å². The minimum Gasteiger partial charge on any atom is -0.508 e. The number of anilines is 1. The molecule has 0 saturated carbocycles. The van der Waals surface area contributed by atoms with Crippen LogP contribution in [0, 0.1) is 0 Å². The van der Waals surface area contributed by atoms with E-state index in [0.717, 1.165) is 28.0 Å². The van der Waals surface area contributed by atoms with Crippen molar-refractivity contribution in [2.75, 3.05) is 5.32 Å². The summed E-state index contributed by atoms with van der Waals surface area (Å²) in [7, 11) is 0. The van der Waals surface area contributed by atoms with Gasteiger partial charge in [-0.15, -0.1) is 0 Å². The minimum absolute atomic E-state index is 0.310. The highest BCUT2D eigenvalue weighted by Gasteiger charge is 2.06. The Morgan fingerprint density at radius 3 is 2.55 bits per heavy atom. The van der Waals surface area contributed by atoms with Gasteiger partial charge in [0.1, 0.15) is 5.75 Å². The first kappa shape index (κ1) is 15.2. The van der Waals surface area contributed by atoms with Gasteiger partial charge in [-0.1, -0.05) is 23.7 Å². The molecule has 2 nitrogen and oxygen atoms in total. The van der Waals surface area contributed by atoms with E-state index >= 15 is 0 Å². The first-order valence-corrected chi connectivity index (χ1v) is 7.71. The standard InChI is InChI=1S/C16H17BrClNO/c1-11(2-3-12-4-7-14(20)8-5-12)19-16-9-6-13(18)10-15(16)17/h4-11,19-20H,2-3H2,1H3. The Morgan fingerprint density at radius 1 is 1.20 bits per heavy atom. The zero-order valence-electron chi connectivity index (χ0n) is 11.2. The Balaban J connectivity index is 1.89. The molecule has 0 aromatic heterocycles. The van der Waals surface area contributed by atoms with Crippen LogP contribution < -0.4 is 5.32 Å². The molecule has 0 bridgehead atoms. The zero-order valence-corrected chi connectivity index (χ0v) is 13.6. The van der Waals surface area contributed by atoms with Crippen molar-refractivity contribution in [1.29, 1.82) is 0 Å². The van der Waals surface area contributed by atoms with E-state index in [1.165, 1.54) is 5.56 Å². The van der Waals surface area contributed by atoms with Gasteiger partial charge in [0.2, 0.25) is 0 Å². The summed E-state index contributed by atoms with van der Waals surface area (Å²) in [4.78, 5) is 0. The van der Waals surface area contributed by atoms with Crippen LogP contribution in [0.4, 0.5) is 5.69 Å². The van der Waals surface area contributed by atoms with Gasteiger partial charge >= 0.3 is 0 Å². The first-order chi connectivity index (χ1) is 9.54. The summed E-state index contributed by atoms with van der Waals surface area (Å²) in [5, 5.41) is 13.4. The van der Waals surface area contributed by atoms with Crippen LogP contribution in [0.3, 0.4) is 0 Å². The van der Waals surface area contributed by atoms with E-state index < -0.39 is 0 Å². The zero-order chi connectivity index (χ0) is 14.5. The average molecular weight is 355 g/mol. The van der Waals surface area contributed by atoms with Gasteiger partial charge in [0, 0.05) is 21.2 Å². The second kappa shape index (κ2) is 7.00. The Labute approximate surface area is 132 Å². The molecule has 0 amide bonds. The van der Waals surface area contributed by atoms with Gasteiger partial charge in [0.05, 0.1) is 0 Å². The van der Waals surface area contributed by atoms with Crippen LogP contribution in [0.1, 0.15) is 18.9 Å². The van der Waals surface area contributed by atoms with Crippen molar-refractivity contribution in [2.24, 2.45) is 0 Å². The maximum atomic E-state index is 9.25. The largest absolute Gasteiger partial charge is 0.508 e. The molecule has 0 spiro atoms. The number of hydrogen-bond donors (Lipinski definition) is 2. The van der Waals surface area contributed by atoms with Crippen LogP contribution in [-0.2, 0) is 6.42 Å². The third-order valence-corrected chi connectivity index (χ3v) is 4.03. The van der Waals surface area contributed by atoms with Crippen molar-refractivity contribution in [3.05, 3.63) is 57.5 Å². The van der Waals surface area contributed by atoms with E-state index in [-0.39, 0.29) is 0 Å². The second-order valence-electron chi connectivity index (χ2n) is 4.87. The lowest BCUT2D eigenvalue weighted by Gasteiger charge is -2.16. The smallest absolute Gasteiger partial charge is 0.115 e. The first-order valence-electron chi connectivity index (χ1n) is 6.54. The average Bonchev–Trinajstić information content (AvgIpc) is 2.41. The van der Waals surface area contributed by atoms with Gasteiger partial charge in [0.25, 0.3) is 0 Å². The highest BCUT2D eigenvalue weighted by atomic mass is 79.9. The number of phenolic OH excluding ortho intramolecular Hbond substituents is 1. The summed E-state index contributed by atoms with van der Waals surface area (Å²) < 4.78 is 0.974. The fraction of sp³-hybridized carbons (Fsp3) is 0.250. The third kappa shape index (κ3) is 4.43. The maximum Gasteiger partial charge on any atom is 0.115 e. The minimum atomic E-state index is 0.310. The summed E-state index contributed by atoms with van der Waals surface area (Å²) in [5.41, 5.74) is 2.28. The van der Waals surface area contributed by atoms with Crippen LogP contribution in [0.2, 0.25) is 5.02 Å². The Hall–Kier alpha value is -1.19. The SMILES string of the molecule is CC(CCc1ccc(O)cc1)Nc1ccc(Cl)cc1Br. The molecular weight excluding hydrogens is 338 g/mol. The molecule has 0 radical (unpaired) electrons. The number of aromatic hydroxyl groups is 1. The molecule has 1 atom stereocenters. The predicted octanol–water partition coefficient (Wildman–Crippen LogP) is 5.24. The molecule has 0 saturated heterocycles. The second-order valence-corrected chi connectivity index (χ2v) is 6.17. The fourth-order valence-corrected chi connectivity index (χ4v) is 2.79. The molecular formula is C16H17BrClNO. The van der Waals surface area contributed by atoms with Gasteiger partial charge in [-0.05, 0) is 71.6 Å². The van der Waals surface area contributed by atoms with Crippen molar-refractivity contribution in [2.45, 2.75) is 25.8 Å². The van der Waals surface area contributed by atoms with Crippen molar-refractivity contribution in [1.82, 2.24) is 0 Å². The predicted molar refractivity (Wildman–Crippen MR) is 88.7 cm³/mol.